The van der Waals surface area contributed by atoms with Crippen molar-refractivity contribution in [1.29, 1.82) is 5.26 Å². The molecule has 18 heavy (non-hydrogen) atoms. The molecule has 0 heterocycles. The second-order valence-electron chi connectivity index (χ2n) is 4.28. The van der Waals surface area contributed by atoms with Gasteiger partial charge in [-0.15, -0.1) is 0 Å². The summed E-state index contributed by atoms with van der Waals surface area (Å²) in [4.78, 5) is 3.94. The molecule has 1 atom stereocenters. The summed E-state index contributed by atoms with van der Waals surface area (Å²) in [7, 11) is 0. The Morgan fingerprint density at radius 3 is 2.28 bits per heavy atom. The van der Waals surface area contributed by atoms with E-state index in [0.29, 0.717) is 5.57 Å². The molecule has 0 rings (SSSR count). The van der Waals surface area contributed by atoms with Gasteiger partial charge in [0.15, 0.2) is 0 Å². The van der Waals surface area contributed by atoms with Gasteiger partial charge in [-0.05, 0) is 38.8 Å². The maximum Gasteiger partial charge on any atom is 0.287 e. The highest BCUT2D eigenvalue weighted by Crippen LogP contribution is 2.24. The smallest absolute Gasteiger partial charge is 0.281 e. The number of hydrogen-bond donors (Lipinski definition) is 0. The van der Waals surface area contributed by atoms with E-state index in [1.807, 2.05) is 6.07 Å². The third-order valence-corrected chi connectivity index (χ3v) is 2.56. The van der Waals surface area contributed by atoms with Crippen molar-refractivity contribution < 1.29 is 8.78 Å². The quantitative estimate of drug-likeness (QED) is 0.536. The van der Waals surface area contributed by atoms with Crippen LogP contribution in [0.3, 0.4) is 0 Å². The van der Waals surface area contributed by atoms with Gasteiger partial charge in [-0.3, -0.25) is 4.99 Å². The minimum Gasteiger partial charge on any atom is -0.281 e. The first-order valence-corrected chi connectivity index (χ1v) is 5.90. The maximum atomic E-state index is 13.6. The Kier molecular flexibility index (Phi) is 6.46. The van der Waals surface area contributed by atoms with Crippen LogP contribution in [0.15, 0.2) is 28.3 Å². The minimum atomic E-state index is -3.01. The van der Waals surface area contributed by atoms with Crippen molar-refractivity contribution in [3.8, 4) is 6.07 Å². The number of allylic oxidation sites excluding steroid dienone is 4. The third kappa shape index (κ3) is 4.79. The van der Waals surface area contributed by atoms with Crippen molar-refractivity contribution in [2.45, 2.75) is 40.5 Å². The molecule has 0 saturated heterocycles. The van der Waals surface area contributed by atoms with E-state index in [0.717, 1.165) is 12.5 Å². The second-order valence-corrected chi connectivity index (χ2v) is 4.28. The molecule has 0 aliphatic carbocycles. The molecule has 0 fully saturated rings. The number of rotatable bonds is 5. The Hall–Kier alpha value is -1.50. The average molecular weight is 254 g/mol. The zero-order valence-electron chi connectivity index (χ0n) is 11.6. The van der Waals surface area contributed by atoms with Crippen LogP contribution in [0.2, 0.25) is 0 Å². The summed E-state index contributed by atoms with van der Waals surface area (Å²) in [5.74, 6) is -3.38. The van der Waals surface area contributed by atoms with Gasteiger partial charge in [0.2, 0.25) is 0 Å². The normalized spacial score (nSPS) is 16.4. The number of nitrogens with zero attached hydrogens (tertiary/aromatic N) is 2. The molecule has 0 radical (unpaired) electrons. The van der Waals surface area contributed by atoms with Crippen LogP contribution in [0.4, 0.5) is 8.78 Å². The van der Waals surface area contributed by atoms with Gasteiger partial charge in [0.25, 0.3) is 5.92 Å². The maximum absolute atomic E-state index is 13.6. The second kappa shape index (κ2) is 7.05. The van der Waals surface area contributed by atoms with Gasteiger partial charge in [0.05, 0.1) is 18.5 Å². The zero-order chi connectivity index (χ0) is 14.3. The number of halogens is 2. The van der Waals surface area contributed by atoms with Crippen molar-refractivity contribution in [3.05, 3.63) is 23.3 Å². The molecule has 0 aromatic rings. The molecule has 100 valence electrons. The summed E-state index contributed by atoms with van der Waals surface area (Å²) in [6.45, 7) is 7.84. The summed E-state index contributed by atoms with van der Waals surface area (Å²) < 4.78 is 27.2. The fourth-order valence-corrected chi connectivity index (χ4v) is 1.44. The van der Waals surface area contributed by atoms with E-state index in [9.17, 15) is 8.78 Å². The predicted molar refractivity (Wildman–Crippen MR) is 70.9 cm³/mol. The SMILES string of the molecule is C/C=C(C(=NCC(C)C#N)C(C)(F)F)/C(C)=C/C. The first-order valence-electron chi connectivity index (χ1n) is 5.90. The van der Waals surface area contributed by atoms with E-state index < -0.39 is 5.92 Å². The number of alkyl halides is 2. The van der Waals surface area contributed by atoms with Crippen LogP contribution in [0, 0.1) is 17.2 Å². The summed E-state index contributed by atoms with van der Waals surface area (Å²) in [6, 6.07) is 1.99. The van der Waals surface area contributed by atoms with Crippen LogP contribution in [-0.2, 0) is 0 Å². The molecular weight excluding hydrogens is 234 g/mol. The number of hydrogen-bond acceptors (Lipinski definition) is 2. The summed E-state index contributed by atoms with van der Waals surface area (Å²) in [5, 5.41) is 8.67. The van der Waals surface area contributed by atoms with Gasteiger partial charge >= 0.3 is 0 Å². The van der Waals surface area contributed by atoms with Crippen LogP contribution in [-0.4, -0.2) is 18.2 Å². The molecule has 0 saturated carbocycles. The molecule has 0 aromatic heterocycles. The van der Waals surface area contributed by atoms with Crippen molar-refractivity contribution in [3.63, 3.8) is 0 Å². The third-order valence-electron chi connectivity index (χ3n) is 2.56. The molecule has 0 bridgehead atoms. The average Bonchev–Trinajstić information content (AvgIpc) is 2.31. The lowest BCUT2D eigenvalue weighted by molar-refractivity contribution is 0.101. The molecule has 0 spiro atoms. The molecule has 1 unspecified atom stereocenters. The molecule has 0 amide bonds. The lowest BCUT2D eigenvalue weighted by Crippen LogP contribution is -2.28. The van der Waals surface area contributed by atoms with Gasteiger partial charge in [-0.2, -0.15) is 14.0 Å². The van der Waals surface area contributed by atoms with Crippen molar-refractivity contribution in [2.75, 3.05) is 6.54 Å². The van der Waals surface area contributed by atoms with Gasteiger partial charge in [0.1, 0.15) is 5.71 Å². The van der Waals surface area contributed by atoms with Gasteiger partial charge < -0.3 is 0 Å². The molecule has 4 heteroatoms. The lowest BCUT2D eigenvalue weighted by Gasteiger charge is -2.18. The highest BCUT2D eigenvalue weighted by atomic mass is 19.3. The van der Waals surface area contributed by atoms with Gasteiger partial charge in [0, 0.05) is 6.92 Å². The number of nitriles is 1. The topological polar surface area (TPSA) is 36.1 Å². The van der Waals surface area contributed by atoms with Crippen molar-refractivity contribution in [1.82, 2.24) is 0 Å². The monoisotopic (exact) mass is 254 g/mol. The molecule has 0 N–H and O–H groups in total. The van der Waals surface area contributed by atoms with E-state index in [2.05, 4.69) is 4.99 Å². The first-order chi connectivity index (χ1) is 8.27. The van der Waals surface area contributed by atoms with E-state index in [4.69, 9.17) is 5.26 Å². The Morgan fingerprint density at radius 2 is 1.94 bits per heavy atom. The Bertz CT molecular complexity index is 406. The summed E-state index contributed by atoms with van der Waals surface area (Å²) in [6.07, 6.45) is 3.40. The van der Waals surface area contributed by atoms with Gasteiger partial charge in [-0.25, -0.2) is 0 Å². The van der Waals surface area contributed by atoms with E-state index in [1.54, 1.807) is 39.8 Å². The Morgan fingerprint density at radius 1 is 1.39 bits per heavy atom. The molecule has 2 nitrogen and oxygen atoms in total. The Labute approximate surface area is 108 Å². The minimum absolute atomic E-state index is 0.0869. The van der Waals surface area contributed by atoms with Crippen molar-refractivity contribution in [2.24, 2.45) is 10.9 Å². The molecule has 0 aliphatic heterocycles. The van der Waals surface area contributed by atoms with E-state index in [1.165, 1.54) is 0 Å². The summed E-state index contributed by atoms with van der Waals surface area (Å²) >= 11 is 0. The van der Waals surface area contributed by atoms with E-state index >= 15 is 0 Å². The zero-order valence-corrected chi connectivity index (χ0v) is 11.6. The van der Waals surface area contributed by atoms with E-state index in [-0.39, 0.29) is 18.2 Å². The predicted octanol–water partition coefficient (Wildman–Crippen LogP) is 4.15. The molecule has 0 aromatic carbocycles. The van der Waals surface area contributed by atoms with Crippen molar-refractivity contribution >= 4 is 5.71 Å². The lowest BCUT2D eigenvalue weighted by atomic mass is 9.98. The molecule has 0 aliphatic rings. The van der Waals surface area contributed by atoms with Crippen LogP contribution < -0.4 is 0 Å². The largest absolute Gasteiger partial charge is 0.287 e. The standard InChI is InChI=1S/C14H20F2N2/c1-6-11(4)12(7-2)13(14(5,15)16)18-9-10(3)8-17/h6-7,10H,9H2,1-5H3/b11-6+,12-7-,18-13?. The fraction of sp³-hybridized carbons (Fsp3) is 0.571. The highest BCUT2D eigenvalue weighted by Gasteiger charge is 2.32. The summed E-state index contributed by atoms with van der Waals surface area (Å²) in [5.41, 5.74) is 0.945. The van der Waals surface area contributed by atoms with Crippen LogP contribution >= 0.6 is 0 Å². The number of aliphatic imine (C=N–C) groups is 1. The fourth-order valence-electron chi connectivity index (χ4n) is 1.44. The van der Waals surface area contributed by atoms with Crippen LogP contribution in [0.5, 0.6) is 0 Å². The van der Waals surface area contributed by atoms with Gasteiger partial charge in [-0.1, -0.05) is 12.2 Å². The first kappa shape index (κ1) is 16.5. The highest BCUT2D eigenvalue weighted by molar-refractivity contribution is 6.08. The van der Waals surface area contributed by atoms with Crippen LogP contribution in [0.1, 0.15) is 34.6 Å². The van der Waals surface area contributed by atoms with Crippen LogP contribution in [0.25, 0.3) is 0 Å². The molecular formula is C14H20F2N2. The Balaban J connectivity index is 5.46.